The van der Waals surface area contributed by atoms with Crippen LogP contribution in [0.25, 0.3) is 16.8 Å². The van der Waals surface area contributed by atoms with Crippen molar-refractivity contribution in [2.45, 2.75) is 33.6 Å². The molecular formula is C18H19FN4O2. The first kappa shape index (κ1) is 17.0. The van der Waals surface area contributed by atoms with E-state index < -0.39 is 5.97 Å². The van der Waals surface area contributed by atoms with E-state index in [9.17, 15) is 9.18 Å². The van der Waals surface area contributed by atoms with E-state index in [0.717, 1.165) is 16.8 Å². The number of aromatic nitrogens is 4. The van der Waals surface area contributed by atoms with Crippen LogP contribution in [-0.2, 0) is 4.74 Å². The zero-order valence-corrected chi connectivity index (χ0v) is 14.6. The highest BCUT2D eigenvalue weighted by molar-refractivity contribution is 5.89. The van der Waals surface area contributed by atoms with Crippen molar-refractivity contribution in [1.82, 2.24) is 19.8 Å². The van der Waals surface area contributed by atoms with Gasteiger partial charge in [0.2, 0.25) is 0 Å². The minimum Gasteiger partial charge on any atom is -0.461 e. The molecule has 2 aromatic heterocycles. The number of carbonyl (C=O) groups excluding carboxylic acids is 1. The third-order valence-electron chi connectivity index (χ3n) is 3.94. The van der Waals surface area contributed by atoms with Gasteiger partial charge < -0.3 is 4.74 Å². The molecule has 0 fully saturated rings. The second kappa shape index (κ2) is 6.58. The Labute approximate surface area is 144 Å². The molecule has 3 rings (SSSR count). The van der Waals surface area contributed by atoms with Crippen molar-refractivity contribution in [3.8, 4) is 11.1 Å². The second-order valence-corrected chi connectivity index (χ2v) is 6.01. The van der Waals surface area contributed by atoms with Crippen molar-refractivity contribution >= 4 is 11.6 Å². The van der Waals surface area contributed by atoms with Crippen LogP contribution in [0.1, 0.15) is 48.6 Å². The van der Waals surface area contributed by atoms with Gasteiger partial charge in [0.1, 0.15) is 5.82 Å². The lowest BCUT2D eigenvalue weighted by Gasteiger charge is -2.06. The predicted molar refractivity (Wildman–Crippen MR) is 91.0 cm³/mol. The summed E-state index contributed by atoms with van der Waals surface area (Å²) >= 11 is 0. The van der Waals surface area contributed by atoms with Gasteiger partial charge in [-0.3, -0.25) is 0 Å². The molecule has 0 aliphatic rings. The summed E-state index contributed by atoms with van der Waals surface area (Å²) in [6, 6.07) is 6.18. The highest BCUT2D eigenvalue weighted by Crippen LogP contribution is 2.32. The highest BCUT2D eigenvalue weighted by Gasteiger charge is 2.23. The molecule has 7 heteroatoms. The van der Waals surface area contributed by atoms with Gasteiger partial charge >= 0.3 is 5.97 Å². The fourth-order valence-electron chi connectivity index (χ4n) is 2.71. The topological polar surface area (TPSA) is 69.4 Å². The summed E-state index contributed by atoms with van der Waals surface area (Å²) < 4.78 is 19.9. The lowest BCUT2D eigenvalue weighted by molar-refractivity contribution is 0.0516. The van der Waals surface area contributed by atoms with Gasteiger partial charge in [0.05, 0.1) is 23.6 Å². The van der Waals surface area contributed by atoms with Gasteiger partial charge in [-0.1, -0.05) is 26.0 Å². The number of esters is 1. The molecule has 0 unspecified atom stereocenters. The first-order chi connectivity index (χ1) is 11.9. The molecular weight excluding hydrogens is 323 g/mol. The van der Waals surface area contributed by atoms with E-state index in [1.54, 1.807) is 30.5 Å². The highest BCUT2D eigenvalue weighted by atomic mass is 19.1. The van der Waals surface area contributed by atoms with Gasteiger partial charge in [0.15, 0.2) is 11.3 Å². The summed E-state index contributed by atoms with van der Waals surface area (Å²) in [6.45, 7) is 7.78. The van der Waals surface area contributed by atoms with Crippen LogP contribution < -0.4 is 0 Å². The molecule has 0 aliphatic carbocycles. The van der Waals surface area contributed by atoms with Crippen LogP contribution >= 0.6 is 0 Å². The fraction of sp³-hybridized carbons (Fsp3) is 0.333. The molecule has 0 aliphatic heterocycles. The summed E-state index contributed by atoms with van der Waals surface area (Å²) in [7, 11) is 0. The molecule has 0 bridgehead atoms. The van der Waals surface area contributed by atoms with Gasteiger partial charge in [-0.25, -0.2) is 13.7 Å². The maximum Gasteiger partial charge on any atom is 0.360 e. The first-order valence-electron chi connectivity index (χ1n) is 8.13. The van der Waals surface area contributed by atoms with Gasteiger partial charge in [0.25, 0.3) is 0 Å². The molecule has 0 N–H and O–H groups in total. The van der Waals surface area contributed by atoms with E-state index in [1.807, 2.05) is 13.8 Å². The van der Waals surface area contributed by atoms with Crippen LogP contribution in [0.5, 0.6) is 0 Å². The number of rotatable bonds is 4. The SMILES string of the molecule is CCOC(=O)c1nnc2c(-c3ccc(F)cc3)c(C(C)C)nn2c1C. The molecule has 25 heavy (non-hydrogen) atoms. The van der Waals surface area contributed by atoms with E-state index >= 15 is 0 Å². The van der Waals surface area contributed by atoms with Gasteiger partial charge in [0, 0.05) is 0 Å². The Balaban J connectivity index is 2.26. The molecule has 6 nitrogen and oxygen atoms in total. The van der Waals surface area contributed by atoms with E-state index in [1.165, 1.54) is 12.1 Å². The molecule has 1 aromatic carbocycles. The Hall–Kier alpha value is -2.83. The lowest BCUT2D eigenvalue weighted by Crippen LogP contribution is -2.14. The number of halogens is 1. The number of aryl methyl sites for hydroxylation is 1. The fourth-order valence-corrected chi connectivity index (χ4v) is 2.71. The largest absolute Gasteiger partial charge is 0.461 e. The molecule has 0 saturated carbocycles. The zero-order valence-electron chi connectivity index (χ0n) is 14.6. The number of hydrogen-bond donors (Lipinski definition) is 0. The van der Waals surface area contributed by atoms with Gasteiger partial charge in [-0.05, 0) is 37.5 Å². The molecule has 0 amide bonds. The van der Waals surface area contributed by atoms with Gasteiger partial charge in [-0.15, -0.1) is 10.2 Å². The maximum atomic E-state index is 13.3. The summed E-state index contributed by atoms with van der Waals surface area (Å²) in [4.78, 5) is 12.0. The summed E-state index contributed by atoms with van der Waals surface area (Å²) in [6.07, 6.45) is 0. The molecule has 0 radical (unpaired) electrons. The molecule has 2 heterocycles. The number of fused-ring (bicyclic) bond motifs is 1. The summed E-state index contributed by atoms with van der Waals surface area (Å²) in [5.74, 6) is -0.718. The predicted octanol–water partition coefficient (Wildman–Crippen LogP) is 3.54. The molecule has 0 spiro atoms. The quantitative estimate of drug-likeness (QED) is 0.678. The normalized spacial score (nSPS) is 11.3. The number of ether oxygens (including phenoxy) is 1. The minimum atomic E-state index is -0.528. The van der Waals surface area contributed by atoms with Crippen LogP contribution in [0, 0.1) is 12.7 Å². The Bertz CT molecular complexity index is 932. The Kier molecular flexibility index (Phi) is 4.48. The number of hydrogen-bond acceptors (Lipinski definition) is 5. The van der Waals surface area contributed by atoms with E-state index in [4.69, 9.17) is 4.74 Å². The van der Waals surface area contributed by atoms with Crippen LogP contribution in [0.4, 0.5) is 4.39 Å². The molecule has 3 aromatic rings. The third-order valence-corrected chi connectivity index (χ3v) is 3.94. The van der Waals surface area contributed by atoms with Crippen LogP contribution in [0.3, 0.4) is 0 Å². The maximum absolute atomic E-state index is 13.3. The van der Waals surface area contributed by atoms with Crippen LogP contribution in [0.2, 0.25) is 0 Å². The smallest absolute Gasteiger partial charge is 0.360 e. The van der Waals surface area contributed by atoms with E-state index in [0.29, 0.717) is 11.3 Å². The monoisotopic (exact) mass is 342 g/mol. The van der Waals surface area contributed by atoms with Crippen molar-refractivity contribution in [3.05, 3.63) is 47.2 Å². The zero-order chi connectivity index (χ0) is 18.1. The molecule has 0 saturated heterocycles. The lowest BCUT2D eigenvalue weighted by atomic mass is 9.99. The van der Waals surface area contributed by atoms with Gasteiger partial charge in [-0.2, -0.15) is 5.10 Å². The number of nitrogens with zero attached hydrogens (tertiary/aromatic N) is 4. The second-order valence-electron chi connectivity index (χ2n) is 6.01. The van der Waals surface area contributed by atoms with Crippen molar-refractivity contribution in [2.24, 2.45) is 0 Å². The Morgan fingerprint density at radius 1 is 1.24 bits per heavy atom. The van der Waals surface area contributed by atoms with Crippen molar-refractivity contribution in [2.75, 3.05) is 6.61 Å². The minimum absolute atomic E-state index is 0.118. The van der Waals surface area contributed by atoms with Crippen molar-refractivity contribution < 1.29 is 13.9 Å². The number of carbonyl (C=O) groups is 1. The molecule has 0 atom stereocenters. The van der Waals surface area contributed by atoms with Crippen molar-refractivity contribution in [1.29, 1.82) is 0 Å². The van der Waals surface area contributed by atoms with Crippen LogP contribution in [-0.4, -0.2) is 32.4 Å². The average molecular weight is 342 g/mol. The first-order valence-corrected chi connectivity index (χ1v) is 8.13. The van der Waals surface area contributed by atoms with Crippen LogP contribution in [0.15, 0.2) is 24.3 Å². The van der Waals surface area contributed by atoms with E-state index in [-0.39, 0.29) is 24.0 Å². The number of benzene rings is 1. The Morgan fingerprint density at radius 2 is 1.92 bits per heavy atom. The Morgan fingerprint density at radius 3 is 2.52 bits per heavy atom. The summed E-state index contributed by atoms with van der Waals surface area (Å²) in [5, 5.41) is 12.9. The summed E-state index contributed by atoms with van der Waals surface area (Å²) in [5.41, 5.74) is 3.63. The molecule has 130 valence electrons. The average Bonchev–Trinajstić information content (AvgIpc) is 2.97. The standard InChI is InChI=1S/C18H19FN4O2/c1-5-25-18(24)16-11(4)23-17(21-20-16)14(15(22-23)10(2)3)12-6-8-13(19)9-7-12/h6-10H,5H2,1-4H3. The van der Waals surface area contributed by atoms with E-state index in [2.05, 4.69) is 15.3 Å². The third kappa shape index (κ3) is 2.97. The van der Waals surface area contributed by atoms with Crippen molar-refractivity contribution in [3.63, 3.8) is 0 Å².